The van der Waals surface area contributed by atoms with Crippen molar-refractivity contribution in [3.63, 3.8) is 0 Å². The van der Waals surface area contributed by atoms with Crippen LogP contribution >= 0.6 is 0 Å². The molecule has 2 atom stereocenters. The summed E-state index contributed by atoms with van der Waals surface area (Å²) in [6, 6.07) is 7.89. The SMILES string of the molecule is CC(=CCS(=O)c1ccccc1C)CCC1OC1(C)C. The molecule has 110 valence electrons. The molecule has 1 aliphatic rings. The van der Waals surface area contributed by atoms with E-state index in [4.69, 9.17) is 4.74 Å². The Bertz CT molecular complexity index is 532. The van der Waals surface area contributed by atoms with Gasteiger partial charge in [0.05, 0.1) is 22.5 Å². The van der Waals surface area contributed by atoms with E-state index in [0.29, 0.717) is 11.9 Å². The molecule has 1 saturated heterocycles. The zero-order chi connectivity index (χ0) is 14.8. The van der Waals surface area contributed by atoms with Gasteiger partial charge >= 0.3 is 0 Å². The molecule has 1 heterocycles. The van der Waals surface area contributed by atoms with Gasteiger partial charge in [-0.3, -0.25) is 4.21 Å². The van der Waals surface area contributed by atoms with Crippen molar-refractivity contribution in [1.29, 1.82) is 0 Å². The Morgan fingerprint density at radius 1 is 1.40 bits per heavy atom. The molecule has 0 aromatic heterocycles. The molecule has 2 unspecified atom stereocenters. The lowest BCUT2D eigenvalue weighted by molar-refractivity contribution is 0.320. The number of aryl methyl sites for hydroxylation is 1. The second-order valence-corrected chi connectivity index (χ2v) is 7.54. The minimum Gasteiger partial charge on any atom is -0.367 e. The van der Waals surface area contributed by atoms with Crippen LogP contribution in [0.2, 0.25) is 0 Å². The first kappa shape index (κ1) is 15.5. The number of hydrogen-bond acceptors (Lipinski definition) is 2. The summed E-state index contributed by atoms with van der Waals surface area (Å²) in [7, 11) is -0.937. The first-order valence-corrected chi connectivity index (χ1v) is 8.49. The Morgan fingerprint density at radius 3 is 2.65 bits per heavy atom. The van der Waals surface area contributed by atoms with Crippen LogP contribution < -0.4 is 0 Å². The third-order valence-electron chi connectivity index (χ3n) is 3.89. The van der Waals surface area contributed by atoms with E-state index in [1.807, 2.05) is 31.2 Å². The summed E-state index contributed by atoms with van der Waals surface area (Å²) in [6.45, 7) is 8.38. The summed E-state index contributed by atoms with van der Waals surface area (Å²) in [4.78, 5) is 0.947. The second-order valence-electron chi connectivity index (χ2n) is 6.08. The summed E-state index contributed by atoms with van der Waals surface area (Å²) in [6.07, 6.45) is 4.59. The predicted octanol–water partition coefficient (Wildman–Crippen LogP) is 4.01. The normalized spacial score (nSPS) is 22.6. The van der Waals surface area contributed by atoms with Crippen molar-refractivity contribution in [2.45, 2.75) is 57.1 Å². The lowest BCUT2D eigenvalue weighted by Crippen LogP contribution is -2.03. The number of allylic oxidation sites excluding steroid dienone is 1. The van der Waals surface area contributed by atoms with Crippen LogP contribution in [0.5, 0.6) is 0 Å². The van der Waals surface area contributed by atoms with Crippen LogP contribution in [0.4, 0.5) is 0 Å². The van der Waals surface area contributed by atoms with Crippen LogP contribution in [0.25, 0.3) is 0 Å². The number of ether oxygens (including phenoxy) is 1. The van der Waals surface area contributed by atoms with E-state index in [1.165, 1.54) is 5.57 Å². The fraction of sp³-hybridized carbons (Fsp3) is 0.529. The molecule has 0 spiro atoms. The summed E-state index contributed by atoms with van der Waals surface area (Å²) in [5.74, 6) is 0.603. The molecule has 0 N–H and O–H groups in total. The molecule has 1 aliphatic heterocycles. The number of benzene rings is 1. The van der Waals surface area contributed by atoms with Crippen molar-refractivity contribution >= 4 is 10.8 Å². The van der Waals surface area contributed by atoms with E-state index in [2.05, 4.69) is 26.8 Å². The van der Waals surface area contributed by atoms with Crippen molar-refractivity contribution < 1.29 is 8.95 Å². The van der Waals surface area contributed by atoms with Gasteiger partial charge in [0.2, 0.25) is 0 Å². The maximum Gasteiger partial charge on any atom is 0.0892 e. The van der Waals surface area contributed by atoms with Crippen molar-refractivity contribution in [2.24, 2.45) is 0 Å². The highest BCUT2D eigenvalue weighted by Crippen LogP contribution is 2.38. The zero-order valence-electron chi connectivity index (χ0n) is 12.8. The van der Waals surface area contributed by atoms with E-state index in [1.54, 1.807) is 0 Å². The van der Waals surface area contributed by atoms with E-state index in [0.717, 1.165) is 23.3 Å². The van der Waals surface area contributed by atoms with Crippen molar-refractivity contribution in [3.05, 3.63) is 41.5 Å². The maximum absolute atomic E-state index is 12.3. The minimum atomic E-state index is -0.937. The molecule has 2 rings (SSSR count). The highest BCUT2D eigenvalue weighted by molar-refractivity contribution is 7.85. The number of hydrogen-bond donors (Lipinski definition) is 0. The highest BCUT2D eigenvalue weighted by atomic mass is 32.2. The molecule has 0 amide bonds. The van der Waals surface area contributed by atoms with Gasteiger partial charge in [0, 0.05) is 10.6 Å². The average Bonchev–Trinajstić information content (AvgIpc) is 3.02. The van der Waals surface area contributed by atoms with Crippen LogP contribution in [-0.4, -0.2) is 21.7 Å². The molecule has 1 fully saturated rings. The second kappa shape index (κ2) is 6.23. The Labute approximate surface area is 124 Å². The molecule has 0 aliphatic carbocycles. The quantitative estimate of drug-likeness (QED) is 0.586. The third kappa shape index (κ3) is 4.03. The predicted molar refractivity (Wildman–Crippen MR) is 84.4 cm³/mol. The summed E-state index contributed by atoms with van der Waals surface area (Å²) in [5.41, 5.74) is 2.48. The Kier molecular flexibility index (Phi) is 4.82. The molecule has 3 heteroatoms. The summed E-state index contributed by atoms with van der Waals surface area (Å²) < 4.78 is 17.8. The number of rotatable bonds is 6. The monoisotopic (exact) mass is 292 g/mol. The lowest BCUT2D eigenvalue weighted by Gasteiger charge is -2.04. The zero-order valence-corrected chi connectivity index (χ0v) is 13.6. The Morgan fingerprint density at radius 2 is 2.05 bits per heavy atom. The molecule has 0 saturated carbocycles. The molecular formula is C17H24O2S. The van der Waals surface area contributed by atoms with Gasteiger partial charge in [-0.05, 0) is 52.2 Å². The molecule has 20 heavy (non-hydrogen) atoms. The minimum absolute atomic E-state index is 0.0737. The van der Waals surface area contributed by atoms with Crippen molar-refractivity contribution in [2.75, 3.05) is 5.75 Å². The summed E-state index contributed by atoms with van der Waals surface area (Å²) >= 11 is 0. The first-order chi connectivity index (χ1) is 9.40. The van der Waals surface area contributed by atoms with Gasteiger partial charge < -0.3 is 4.74 Å². The van der Waals surface area contributed by atoms with Crippen LogP contribution in [0.15, 0.2) is 40.8 Å². The largest absolute Gasteiger partial charge is 0.367 e. The van der Waals surface area contributed by atoms with E-state index >= 15 is 0 Å². The van der Waals surface area contributed by atoms with Crippen LogP contribution in [0.3, 0.4) is 0 Å². The molecule has 0 bridgehead atoms. The van der Waals surface area contributed by atoms with Crippen LogP contribution in [-0.2, 0) is 15.5 Å². The standard InChI is InChI=1S/C17H24O2S/c1-13(9-10-16-17(3,4)19-16)11-12-20(18)15-8-6-5-7-14(15)2/h5-8,11,16H,9-10,12H2,1-4H3. The van der Waals surface area contributed by atoms with Crippen molar-refractivity contribution in [3.8, 4) is 0 Å². The fourth-order valence-electron chi connectivity index (χ4n) is 2.32. The van der Waals surface area contributed by atoms with E-state index < -0.39 is 10.8 Å². The Hall–Kier alpha value is -0.930. The molecule has 1 aromatic rings. The molecule has 2 nitrogen and oxygen atoms in total. The van der Waals surface area contributed by atoms with Gasteiger partial charge in [0.25, 0.3) is 0 Å². The average molecular weight is 292 g/mol. The van der Waals surface area contributed by atoms with Crippen LogP contribution in [0, 0.1) is 6.92 Å². The van der Waals surface area contributed by atoms with Gasteiger partial charge in [0.15, 0.2) is 0 Å². The molecule has 0 radical (unpaired) electrons. The smallest absolute Gasteiger partial charge is 0.0892 e. The van der Waals surface area contributed by atoms with Gasteiger partial charge in [-0.25, -0.2) is 0 Å². The fourth-order valence-corrected chi connectivity index (χ4v) is 3.59. The van der Waals surface area contributed by atoms with E-state index in [-0.39, 0.29) is 5.60 Å². The summed E-state index contributed by atoms with van der Waals surface area (Å²) in [5, 5.41) is 0. The van der Waals surface area contributed by atoms with E-state index in [9.17, 15) is 4.21 Å². The van der Waals surface area contributed by atoms with Crippen molar-refractivity contribution in [1.82, 2.24) is 0 Å². The third-order valence-corrected chi connectivity index (χ3v) is 5.31. The highest BCUT2D eigenvalue weighted by Gasteiger charge is 2.46. The van der Waals surface area contributed by atoms with Gasteiger partial charge in [0.1, 0.15) is 0 Å². The van der Waals surface area contributed by atoms with Gasteiger partial charge in [-0.15, -0.1) is 0 Å². The lowest BCUT2D eigenvalue weighted by atomic mass is 10.0. The van der Waals surface area contributed by atoms with Gasteiger partial charge in [-0.2, -0.15) is 0 Å². The maximum atomic E-state index is 12.3. The van der Waals surface area contributed by atoms with Crippen LogP contribution in [0.1, 0.15) is 39.2 Å². The Balaban J connectivity index is 1.83. The molecule has 1 aromatic carbocycles. The topological polar surface area (TPSA) is 29.6 Å². The first-order valence-electron chi connectivity index (χ1n) is 7.17. The molecular weight excluding hydrogens is 268 g/mol. The number of epoxide rings is 1. The van der Waals surface area contributed by atoms with Gasteiger partial charge in [-0.1, -0.05) is 29.8 Å².